The molecule has 25 heavy (non-hydrogen) atoms. The molecule has 0 aliphatic carbocycles. The monoisotopic (exact) mass is 358 g/mol. The molecule has 1 amide bonds. The average molecular weight is 359 g/mol. The van der Waals surface area contributed by atoms with Gasteiger partial charge in [-0.15, -0.1) is 0 Å². The Labute approximate surface area is 154 Å². The number of rotatable bonds is 5. The normalized spacial score (nSPS) is 15.2. The zero-order valence-corrected chi connectivity index (χ0v) is 15.2. The van der Waals surface area contributed by atoms with Crippen LogP contribution in [0.1, 0.15) is 22.8 Å². The molecule has 0 unspecified atom stereocenters. The Morgan fingerprint density at radius 1 is 1.08 bits per heavy atom. The summed E-state index contributed by atoms with van der Waals surface area (Å²) in [6, 6.07) is 15.3. The van der Waals surface area contributed by atoms with Crippen LogP contribution < -0.4 is 4.74 Å². The van der Waals surface area contributed by atoms with Crippen molar-refractivity contribution in [1.29, 1.82) is 0 Å². The van der Waals surface area contributed by atoms with Gasteiger partial charge < -0.3 is 9.64 Å². The van der Waals surface area contributed by atoms with E-state index in [-0.39, 0.29) is 5.91 Å². The van der Waals surface area contributed by atoms with E-state index in [4.69, 9.17) is 16.3 Å². The zero-order chi connectivity index (χ0) is 17.6. The molecule has 0 saturated carbocycles. The van der Waals surface area contributed by atoms with E-state index in [9.17, 15) is 4.79 Å². The highest BCUT2D eigenvalue weighted by Gasteiger charge is 2.22. The van der Waals surface area contributed by atoms with Crippen LogP contribution in [0.25, 0.3) is 0 Å². The van der Waals surface area contributed by atoms with Gasteiger partial charge in [0, 0.05) is 48.9 Å². The first-order valence-electron chi connectivity index (χ1n) is 8.65. The zero-order valence-electron chi connectivity index (χ0n) is 14.5. The van der Waals surface area contributed by atoms with Crippen LogP contribution in [0, 0.1) is 0 Å². The third kappa shape index (κ3) is 4.53. The molecule has 3 rings (SSSR count). The summed E-state index contributed by atoms with van der Waals surface area (Å²) in [4.78, 5) is 16.8. The van der Waals surface area contributed by atoms with Crippen molar-refractivity contribution >= 4 is 17.5 Å². The fraction of sp³-hybridized carbons (Fsp3) is 0.350. The van der Waals surface area contributed by atoms with Crippen LogP contribution in [-0.4, -0.2) is 48.5 Å². The Kier molecular flexibility index (Phi) is 5.95. The molecule has 1 heterocycles. The standard InChI is InChI=1S/C20H23ClN2O2/c1-2-25-19-9-4-3-6-17(19)15-22-10-12-23(13-11-22)20(24)16-7-5-8-18(21)14-16/h3-9,14H,2,10-13,15H2,1H3. The molecule has 1 fully saturated rings. The minimum atomic E-state index is 0.0527. The number of hydrogen-bond donors (Lipinski definition) is 0. The van der Waals surface area contributed by atoms with Crippen molar-refractivity contribution in [3.63, 3.8) is 0 Å². The van der Waals surface area contributed by atoms with Gasteiger partial charge in [-0.1, -0.05) is 35.9 Å². The van der Waals surface area contributed by atoms with E-state index in [2.05, 4.69) is 11.0 Å². The van der Waals surface area contributed by atoms with Crippen LogP contribution in [0.15, 0.2) is 48.5 Å². The molecule has 0 aromatic heterocycles. The highest BCUT2D eigenvalue weighted by molar-refractivity contribution is 6.30. The topological polar surface area (TPSA) is 32.8 Å². The largest absolute Gasteiger partial charge is 0.494 e. The summed E-state index contributed by atoms with van der Waals surface area (Å²) in [5, 5.41) is 0.594. The van der Waals surface area contributed by atoms with Crippen LogP contribution in [0.3, 0.4) is 0 Å². The average Bonchev–Trinajstić information content (AvgIpc) is 2.64. The van der Waals surface area contributed by atoms with Gasteiger partial charge in [-0.3, -0.25) is 9.69 Å². The maximum absolute atomic E-state index is 12.6. The summed E-state index contributed by atoms with van der Waals surface area (Å²) in [7, 11) is 0. The van der Waals surface area contributed by atoms with E-state index in [1.807, 2.05) is 42.2 Å². The van der Waals surface area contributed by atoms with Crippen molar-refractivity contribution < 1.29 is 9.53 Å². The minimum Gasteiger partial charge on any atom is -0.494 e. The Hall–Kier alpha value is -2.04. The molecule has 2 aromatic carbocycles. The van der Waals surface area contributed by atoms with Crippen LogP contribution in [0.2, 0.25) is 5.02 Å². The van der Waals surface area contributed by atoms with Crippen molar-refractivity contribution in [2.24, 2.45) is 0 Å². The molecule has 0 N–H and O–H groups in total. The molecule has 2 aromatic rings. The van der Waals surface area contributed by atoms with E-state index in [1.54, 1.807) is 12.1 Å². The second-order valence-corrected chi connectivity index (χ2v) is 6.56. The Bertz CT molecular complexity index is 727. The van der Waals surface area contributed by atoms with E-state index in [1.165, 1.54) is 5.56 Å². The van der Waals surface area contributed by atoms with Gasteiger partial charge in [0.1, 0.15) is 5.75 Å². The molecule has 1 saturated heterocycles. The predicted octanol–water partition coefficient (Wildman–Crippen LogP) is 3.70. The minimum absolute atomic E-state index is 0.0527. The van der Waals surface area contributed by atoms with Gasteiger partial charge in [-0.25, -0.2) is 0 Å². The number of para-hydroxylation sites is 1. The van der Waals surface area contributed by atoms with Gasteiger partial charge in [0.2, 0.25) is 0 Å². The second kappa shape index (κ2) is 8.37. The molecule has 0 atom stereocenters. The number of carbonyl (C=O) groups is 1. The second-order valence-electron chi connectivity index (χ2n) is 6.12. The first kappa shape index (κ1) is 17.8. The number of hydrogen-bond acceptors (Lipinski definition) is 3. The predicted molar refractivity (Wildman–Crippen MR) is 100 cm³/mol. The van der Waals surface area contributed by atoms with Crippen LogP contribution in [-0.2, 0) is 6.54 Å². The third-order valence-electron chi connectivity index (χ3n) is 4.40. The quantitative estimate of drug-likeness (QED) is 0.817. The number of amides is 1. The summed E-state index contributed by atoms with van der Waals surface area (Å²) < 4.78 is 5.70. The van der Waals surface area contributed by atoms with Crippen molar-refractivity contribution in [3.05, 3.63) is 64.7 Å². The maximum Gasteiger partial charge on any atom is 0.253 e. The van der Waals surface area contributed by atoms with Gasteiger partial charge in [-0.2, -0.15) is 0 Å². The number of ether oxygens (including phenoxy) is 1. The molecule has 1 aliphatic heterocycles. The molecule has 0 bridgehead atoms. The summed E-state index contributed by atoms with van der Waals surface area (Å²) in [5.74, 6) is 0.999. The number of benzene rings is 2. The van der Waals surface area contributed by atoms with E-state index in [0.717, 1.165) is 38.5 Å². The van der Waals surface area contributed by atoms with Crippen molar-refractivity contribution in [2.45, 2.75) is 13.5 Å². The lowest BCUT2D eigenvalue weighted by molar-refractivity contribution is 0.0627. The molecule has 0 radical (unpaired) electrons. The van der Waals surface area contributed by atoms with Crippen LogP contribution in [0.5, 0.6) is 5.75 Å². The molecular formula is C20H23ClN2O2. The Morgan fingerprint density at radius 2 is 1.84 bits per heavy atom. The first-order valence-corrected chi connectivity index (χ1v) is 9.03. The summed E-state index contributed by atoms with van der Waals surface area (Å²) in [6.45, 7) is 6.66. The van der Waals surface area contributed by atoms with Gasteiger partial charge in [0.05, 0.1) is 6.61 Å². The summed E-state index contributed by atoms with van der Waals surface area (Å²) in [6.07, 6.45) is 0. The fourth-order valence-electron chi connectivity index (χ4n) is 3.08. The van der Waals surface area contributed by atoms with Gasteiger partial charge in [0.25, 0.3) is 5.91 Å². The number of carbonyl (C=O) groups excluding carboxylic acids is 1. The number of halogens is 1. The number of piperazine rings is 1. The molecular weight excluding hydrogens is 336 g/mol. The smallest absolute Gasteiger partial charge is 0.253 e. The van der Waals surface area contributed by atoms with Crippen molar-refractivity contribution in [2.75, 3.05) is 32.8 Å². The Morgan fingerprint density at radius 3 is 2.56 bits per heavy atom. The lowest BCUT2D eigenvalue weighted by Gasteiger charge is -2.35. The number of nitrogens with zero attached hydrogens (tertiary/aromatic N) is 2. The van der Waals surface area contributed by atoms with Gasteiger partial charge >= 0.3 is 0 Å². The highest BCUT2D eigenvalue weighted by atomic mass is 35.5. The maximum atomic E-state index is 12.6. The van der Waals surface area contributed by atoms with Gasteiger partial charge in [0.15, 0.2) is 0 Å². The van der Waals surface area contributed by atoms with Crippen LogP contribution >= 0.6 is 11.6 Å². The van der Waals surface area contributed by atoms with Crippen molar-refractivity contribution in [3.8, 4) is 5.75 Å². The van der Waals surface area contributed by atoms with E-state index >= 15 is 0 Å². The van der Waals surface area contributed by atoms with Gasteiger partial charge in [-0.05, 0) is 31.2 Å². The third-order valence-corrected chi connectivity index (χ3v) is 4.63. The molecule has 1 aliphatic rings. The summed E-state index contributed by atoms with van der Waals surface area (Å²) in [5.41, 5.74) is 1.85. The van der Waals surface area contributed by atoms with Crippen LogP contribution in [0.4, 0.5) is 0 Å². The molecule has 132 valence electrons. The van der Waals surface area contributed by atoms with Crippen molar-refractivity contribution in [1.82, 2.24) is 9.80 Å². The van der Waals surface area contributed by atoms with E-state index in [0.29, 0.717) is 17.2 Å². The highest BCUT2D eigenvalue weighted by Crippen LogP contribution is 2.21. The summed E-state index contributed by atoms with van der Waals surface area (Å²) >= 11 is 5.99. The lowest BCUT2D eigenvalue weighted by atomic mass is 10.1. The first-order chi connectivity index (χ1) is 12.2. The Balaban J connectivity index is 1.58. The molecule has 4 nitrogen and oxygen atoms in total. The molecule has 0 spiro atoms. The fourth-order valence-corrected chi connectivity index (χ4v) is 3.28. The van der Waals surface area contributed by atoms with E-state index < -0.39 is 0 Å². The SMILES string of the molecule is CCOc1ccccc1CN1CCN(C(=O)c2cccc(Cl)c2)CC1. The lowest BCUT2D eigenvalue weighted by Crippen LogP contribution is -2.48. The molecule has 5 heteroatoms.